The molecule has 0 heterocycles. The Morgan fingerprint density at radius 3 is 2.22 bits per heavy atom. The molecule has 0 bridgehead atoms. The van der Waals surface area contributed by atoms with Crippen molar-refractivity contribution in [2.75, 3.05) is 5.32 Å². The highest BCUT2D eigenvalue weighted by Crippen LogP contribution is 2.33. The molecule has 0 saturated heterocycles. The summed E-state index contributed by atoms with van der Waals surface area (Å²) in [5, 5.41) is 10.7. The van der Waals surface area contributed by atoms with Crippen molar-refractivity contribution < 1.29 is 35.9 Å². The number of hydrogen-bond acceptors (Lipinski definition) is 4. The van der Waals surface area contributed by atoms with Crippen LogP contribution in [-0.4, -0.2) is 31.2 Å². The zero-order valence-corrected chi connectivity index (χ0v) is 15.1. The van der Waals surface area contributed by atoms with Gasteiger partial charge in [0.25, 0.3) is 5.91 Å². The fourth-order valence-electron chi connectivity index (χ4n) is 1.91. The third-order valence-electron chi connectivity index (χ3n) is 3.60. The fourth-order valence-corrected chi connectivity index (χ4v) is 3.52. The Balaban J connectivity index is 2.35. The van der Waals surface area contributed by atoms with Crippen molar-refractivity contribution in [1.82, 2.24) is 0 Å². The van der Waals surface area contributed by atoms with E-state index in [1.165, 1.54) is 6.07 Å². The zero-order chi connectivity index (χ0) is 20.6. The predicted molar refractivity (Wildman–Crippen MR) is 88.6 cm³/mol. The normalized spacial score (nSPS) is 14.5. The number of carbonyl (C=O) groups is 1. The van der Waals surface area contributed by atoms with Crippen LogP contribution in [0.3, 0.4) is 0 Å². The first-order valence-corrected chi connectivity index (χ1v) is 9.03. The Morgan fingerprint density at radius 2 is 1.70 bits per heavy atom. The molecule has 2 N–H and O–H groups in total. The number of sulfone groups is 1. The van der Waals surface area contributed by atoms with E-state index >= 15 is 0 Å². The van der Waals surface area contributed by atoms with E-state index in [0.717, 1.165) is 36.4 Å². The van der Waals surface area contributed by atoms with Gasteiger partial charge in [0.1, 0.15) is 5.82 Å². The first kappa shape index (κ1) is 21.1. The lowest BCUT2D eigenvalue weighted by Crippen LogP contribution is -2.52. The van der Waals surface area contributed by atoms with Crippen molar-refractivity contribution >= 4 is 33.0 Å². The average Bonchev–Trinajstić information content (AvgIpc) is 2.55. The molecule has 0 aliphatic carbocycles. The van der Waals surface area contributed by atoms with Crippen LogP contribution in [0.15, 0.2) is 52.3 Å². The van der Waals surface area contributed by atoms with Gasteiger partial charge >= 0.3 is 6.18 Å². The molecule has 1 atom stereocenters. The summed E-state index contributed by atoms with van der Waals surface area (Å²) >= 11 is 5.85. The van der Waals surface area contributed by atoms with Crippen LogP contribution in [0.25, 0.3) is 0 Å². The number of benzene rings is 2. The van der Waals surface area contributed by atoms with Crippen LogP contribution >= 0.6 is 11.6 Å². The molecule has 2 aromatic carbocycles. The average molecular weight is 426 g/mol. The smallest absolute Gasteiger partial charge is 0.373 e. The molecule has 0 radical (unpaired) electrons. The van der Waals surface area contributed by atoms with E-state index < -0.39 is 33.3 Å². The SMILES string of the molecule is CC(O)(C(=O)Nc1ccc(S(=O)(=O)c2cccc(F)c2)cc1Cl)C(F)(F)F. The Kier molecular flexibility index (Phi) is 5.56. The number of alkyl halides is 3. The lowest BCUT2D eigenvalue weighted by molar-refractivity contribution is -0.242. The van der Waals surface area contributed by atoms with E-state index in [4.69, 9.17) is 11.6 Å². The summed E-state index contributed by atoms with van der Waals surface area (Å²) in [7, 11) is -4.15. The van der Waals surface area contributed by atoms with E-state index in [1.54, 1.807) is 5.32 Å². The summed E-state index contributed by atoms with van der Waals surface area (Å²) in [5.41, 5.74) is -4.02. The minimum absolute atomic E-state index is 0.263. The largest absolute Gasteiger partial charge is 0.426 e. The molecule has 5 nitrogen and oxygen atoms in total. The van der Waals surface area contributed by atoms with Gasteiger partial charge < -0.3 is 10.4 Å². The van der Waals surface area contributed by atoms with Gasteiger partial charge in [-0.3, -0.25) is 4.79 Å². The van der Waals surface area contributed by atoms with E-state index in [9.17, 15) is 35.9 Å². The molecular weight excluding hydrogens is 414 g/mol. The van der Waals surface area contributed by atoms with Crippen LogP contribution in [0, 0.1) is 5.82 Å². The van der Waals surface area contributed by atoms with Crippen LogP contribution in [0.2, 0.25) is 5.02 Å². The van der Waals surface area contributed by atoms with E-state index in [2.05, 4.69) is 0 Å². The maximum absolute atomic E-state index is 13.3. The molecule has 0 aromatic heterocycles. The summed E-state index contributed by atoms with van der Waals surface area (Å²) in [6.07, 6.45) is -5.23. The van der Waals surface area contributed by atoms with Crippen LogP contribution in [0.5, 0.6) is 0 Å². The Morgan fingerprint density at radius 1 is 1.11 bits per heavy atom. The molecule has 2 rings (SSSR count). The van der Waals surface area contributed by atoms with Gasteiger partial charge in [0, 0.05) is 0 Å². The van der Waals surface area contributed by atoms with Gasteiger partial charge in [-0.15, -0.1) is 0 Å². The summed E-state index contributed by atoms with van der Waals surface area (Å²) in [6, 6.07) is 7.01. The molecule has 146 valence electrons. The number of nitrogens with one attached hydrogen (secondary N) is 1. The summed E-state index contributed by atoms with van der Waals surface area (Å²) in [5.74, 6) is -2.57. The molecule has 0 saturated carbocycles. The number of halogens is 5. The number of carbonyl (C=O) groups excluding carboxylic acids is 1. The molecule has 1 unspecified atom stereocenters. The van der Waals surface area contributed by atoms with Gasteiger partial charge in [-0.25, -0.2) is 12.8 Å². The Labute approximate surface area is 156 Å². The molecule has 0 aliphatic rings. The van der Waals surface area contributed by atoms with Gasteiger partial charge in [-0.05, 0) is 43.3 Å². The highest BCUT2D eigenvalue weighted by atomic mass is 35.5. The number of rotatable bonds is 4. The molecule has 0 fully saturated rings. The lowest BCUT2D eigenvalue weighted by atomic mass is 10.1. The first-order chi connectivity index (χ1) is 12.3. The van der Waals surface area contributed by atoms with Crippen LogP contribution in [0.1, 0.15) is 6.92 Å². The summed E-state index contributed by atoms with van der Waals surface area (Å²) in [4.78, 5) is 11.0. The topological polar surface area (TPSA) is 83.5 Å². The van der Waals surface area contributed by atoms with E-state index in [-0.39, 0.29) is 27.4 Å². The Bertz CT molecular complexity index is 990. The van der Waals surface area contributed by atoms with Crippen molar-refractivity contribution in [2.45, 2.75) is 28.5 Å². The third kappa shape index (κ3) is 4.23. The van der Waals surface area contributed by atoms with E-state index in [0.29, 0.717) is 0 Å². The minimum atomic E-state index is -5.23. The van der Waals surface area contributed by atoms with Crippen molar-refractivity contribution in [3.05, 3.63) is 53.3 Å². The second kappa shape index (κ2) is 7.10. The molecular formula is C16H12ClF4NO4S. The highest BCUT2D eigenvalue weighted by molar-refractivity contribution is 7.91. The van der Waals surface area contributed by atoms with Crippen molar-refractivity contribution in [2.24, 2.45) is 0 Å². The van der Waals surface area contributed by atoms with Crippen molar-refractivity contribution in [3.63, 3.8) is 0 Å². The number of hydrogen-bond donors (Lipinski definition) is 2. The predicted octanol–water partition coefficient (Wildman–Crippen LogP) is 3.56. The molecule has 11 heteroatoms. The number of amides is 1. The Hall–Kier alpha value is -2.17. The summed E-state index contributed by atoms with van der Waals surface area (Å²) < 4.78 is 76.2. The van der Waals surface area contributed by atoms with Gasteiger partial charge in [-0.1, -0.05) is 17.7 Å². The maximum Gasteiger partial charge on any atom is 0.426 e. The van der Waals surface area contributed by atoms with Crippen molar-refractivity contribution in [3.8, 4) is 0 Å². The highest BCUT2D eigenvalue weighted by Gasteiger charge is 2.55. The lowest BCUT2D eigenvalue weighted by Gasteiger charge is -2.25. The quantitative estimate of drug-likeness (QED) is 0.734. The van der Waals surface area contributed by atoms with Crippen molar-refractivity contribution in [1.29, 1.82) is 0 Å². The molecule has 0 spiro atoms. The van der Waals surface area contributed by atoms with E-state index in [1.807, 2.05) is 0 Å². The van der Waals surface area contributed by atoms with Gasteiger partial charge in [0.2, 0.25) is 15.4 Å². The zero-order valence-electron chi connectivity index (χ0n) is 13.5. The van der Waals surface area contributed by atoms with Gasteiger partial charge in [0.15, 0.2) is 0 Å². The molecule has 2 aromatic rings. The monoisotopic (exact) mass is 425 g/mol. The van der Waals surface area contributed by atoms with Gasteiger partial charge in [-0.2, -0.15) is 13.2 Å². The molecule has 1 amide bonds. The number of anilines is 1. The third-order valence-corrected chi connectivity index (χ3v) is 5.66. The first-order valence-electron chi connectivity index (χ1n) is 7.17. The molecule has 0 aliphatic heterocycles. The van der Waals surface area contributed by atoms with Crippen LogP contribution < -0.4 is 5.32 Å². The van der Waals surface area contributed by atoms with Gasteiger partial charge in [0.05, 0.1) is 20.5 Å². The summed E-state index contributed by atoms with van der Waals surface area (Å²) in [6.45, 7) is 0.263. The minimum Gasteiger partial charge on any atom is -0.373 e. The van der Waals surface area contributed by atoms with Crippen LogP contribution in [0.4, 0.5) is 23.2 Å². The second-order valence-electron chi connectivity index (χ2n) is 5.63. The fraction of sp³-hybridized carbons (Fsp3) is 0.188. The molecule has 27 heavy (non-hydrogen) atoms. The second-order valence-corrected chi connectivity index (χ2v) is 7.98. The number of aliphatic hydroxyl groups is 1. The van der Waals surface area contributed by atoms with Crippen LogP contribution in [-0.2, 0) is 14.6 Å². The standard InChI is InChI=1S/C16H12ClF4NO4S/c1-15(24,16(19,20)21)14(23)22-13-6-5-11(8-12(13)17)27(25,26)10-4-2-3-9(18)7-10/h2-8,24H,1H3,(H,22,23). The maximum atomic E-state index is 13.3.